The summed E-state index contributed by atoms with van der Waals surface area (Å²) in [5, 5.41) is 78.2. The van der Waals surface area contributed by atoms with Crippen LogP contribution in [0, 0.1) is 0 Å². The lowest BCUT2D eigenvalue weighted by Crippen LogP contribution is -2.79. The number of aliphatic hydroxyl groups excluding tert-OH is 4. The summed E-state index contributed by atoms with van der Waals surface area (Å²) in [5.74, 6) is -10.7. The van der Waals surface area contributed by atoms with Crippen molar-refractivity contribution in [2.45, 2.75) is 49.0 Å². The lowest BCUT2D eigenvalue weighted by Gasteiger charge is -2.50. The number of ether oxygens (including phenoxy) is 1. The van der Waals surface area contributed by atoms with Crippen molar-refractivity contribution in [3.8, 4) is 0 Å². The minimum atomic E-state index is -3.78. The van der Waals surface area contributed by atoms with E-state index in [1.807, 2.05) is 5.32 Å². The van der Waals surface area contributed by atoms with Gasteiger partial charge in [-0.25, -0.2) is 4.79 Å². The Kier molecular flexibility index (Phi) is 5.66. The summed E-state index contributed by atoms with van der Waals surface area (Å²) in [6, 6.07) is -1.82. The number of nitrogens with one attached hydrogen (secondary N) is 1. The molecule has 0 bridgehead atoms. The molecule has 1 heterocycles. The van der Waals surface area contributed by atoms with E-state index in [4.69, 9.17) is 10.2 Å². The van der Waals surface area contributed by atoms with Crippen LogP contribution in [0.1, 0.15) is 6.92 Å². The highest BCUT2D eigenvalue weighted by molar-refractivity contribution is 5.77. The van der Waals surface area contributed by atoms with Gasteiger partial charge in [-0.05, 0) is 0 Å². The molecule has 0 aromatic heterocycles. The van der Waals surface area contributed by atoms with Crippen molar-refractivity contribution in [2.75, 3.05) is 6.61 Å². The minimum absolute atomic E-state index is 0.829. The third-order valence-electron chi connectivity index (χ3n) is 3.49. The molecule has 1 amide bonds. The quantitative estimate of drug-likeness (QED) is 0.215. The monoisotopic (exact) mass is 341 g/mol. The zero-order valence-corrected chi connectivity index (χ0v) is 11.9. The third kappa shape index (κ3) is 3.29. The van der Waals surface area contributed by atoms with E-state index in [1.54, 1.807) is 0 Å². The fraction of sp³-hybridized carbons (Fsp3) is 0.818. The Hall–Kier alpha value is -1.38. The van der Waals surface area contributed by atoms with E-state index >= 15 is 0 Å². The summed E-state index contributed by atoms with van der Waals surface area (Å²) in [7, 11) is 0. The van der Waals surface area contributed by atoms with Crippen LogP contribution < -0.4 is 5.32 Å². The van der Waals surface area contributed by atoms with E-state index in [9.17, 15) is 40.2 Å². The average molecular weight is 341 g/mol. The Balaban J connectivity index is 3.33. The number of aliphatic hydroxyl groups is 7. The lowest BCUT2D eigenvalue weighted by molar-refractivity contribution is -0.427. The Morgan fingerprint density at radius 1 is 1.26 bits per heavy atom. The fourth-order valence-corrected chi connectivity index (χ4v) is 2.20. The lowest BCUT2D eigenvalue weighted by atomic mass is 9.84. The van der Waals surface area contributed by atoms with Gasteiger partial charge in [-0.1, -0.05) is 0 Å². The molecule has 0 saturated carbocycles. The van der Waals surface area contributed by atoms with Crippen LogP contribution in [0.25, 0.3) is 0 Å². The maximum atomic E-state index is 11.2. The fourth-order valence-electron chi connectivity index (χ4n) is 2.20. The van der Waals surface area contributed by atoms with Gasteiger partial charge in [-0.2, -0.15) is 0 Å². The molecule has 134 valence electrons. The molecule has 9 N–H and O–H groups in total. The Morgan fingerprint density at radius 3 is 2.17 bits per heavy atom. The molecular formula is C11H19NO11. The van der Waals surface area contributed by atoms with Crippen LogP contribution in [0.5, 0.6) is 0 Å². The van der Waals surface area contributed by atoms with Gasteiger partial charge in [0.15, 0.2) is 0 Å². The number of hydrogen-bond acceptors (Lipinski definition) is 10. The molecule has 1 saturated heterocycles. The molecule has 12 heteroatoms. The number of amides is 1. The minimum Gasteiger partial charge on any atom is -0.477 e. The number of carbonyl (C=O) groups excluding carboxylic acids is 1. The van der Waals surface area contributed by atoms with Crippen molar-refractivity contribution in [1.82, 2.24) is 5.32 Å². The summed E-state index contributed by atoms with van der Waals surface area (Å²) in [6.45, 7) is -0.0358. The van der Waals surface area contributed by atoms with Crippen LogP contribution in [0.4, 0.5) is 0 Å². The number of aliphatic carboxylic acids is 1. The first-order valence-corrected chi connectivity index (χ1v) is 6.40. The maximum Gasteiger partial charge on any atom is 0.370 e. The molecule has 0 spiro atoms. The van der Waals surface area contributed by atoms with E-state index in [-0.39, 0.29) is 0 Å². The van der Waals surface area contributed by atoms with E-state index in [0.29, 0.717) is 0 Å². The molecular weight excluding hydrogens is 322 g/mol. The van der Waals surface area contributed by atoms with E-state index < -0.39 is 60.5 Å². The molecule has 1 fully saturated rings. The Morgan fingerprint density at radius 2 is 1.78 bits per heavy atom. The second-order valence-corrected chi connectivity index (χ2v) is 5.17. The Labute approximate surface area is 129 Å². The standard InChI is InChI=1S/C11H19NO11/c1-3(14)12-5-7(6(16)4(15)2-13)23-11(22,9(18)19)10(20,21)8(5)17/h4-8,13,15-17,20-22H,2H2,1H3,(H,12,14)(H,18,19)/t4-,5+,6?,7-,8-,11+/m1/s1. The van der Waals surface area contributed by atoms with Gasteiger partial charge in [-0.15, -0.1) is 0 Å². The van der Waals surface area contributed by atoms with Crippen molar-refractivity contribution < 1.29 is 55.2 Å². The normalized spacial score (nSPS) is 36.1. The molecule has 0 aliphatic carbocycles. The van der Waals surface area contributed by atoms with E-state index in [1.165, 1.54) is 0 Å². The molecule has 1 aliphatic rings. The van der Waals surface area contributed by atoms with Crippen LogP contribution in [0.2, 0.25) is 0 Å². The number of carboxylic acid groups (broad SMARTS) is 1. The molecule has 1 rings (SSSR count). The largest absolute Gasteiger partial charge is 0.477 e. The topological polar surface area (TPSA) is 217 Å². The molecule has 12 nitrogen and oxygen atoms in total. The summed E-state index contributed by atoms with van der Waals surface area (Å²) >= 11 is 0. The SMILES string of the molecule is CC(=O)N[C@@H]1[C@@H](O)C(O)(O)[C@](O)(C(=O)O)O[C@H]1C(O)[C@H](O)CO. The summed E-state index contributed by atoms with van der Waals surface area (Å²) in [4.78, 5) is 22.2. The second kappa shape index (κ2) is 6.62. The van der Waals surface area contributed by atoms with Gasteiger partial charge in [0.05, 0.1) is 12.6 Å². The van der Waals surface area contributed by atoms with Crippen LogP contribution >= 0.6 is 0 Å². The summed E-state index contributed by atoms with van der Waals surface area (Å²) < 4.78 is 4.58. The van der Waals surface area contributed by atoms with Crippen molar-refractivity contribution in [1.29, 1.82) is 0 Å². The zero-order valence-electron chi connectivity index (χ0n) is 11.9. The number of hydrogen-bond donors (Lipinski definition) is 9. The van der Waals surface area contributed by atoms with Crippen LogP contribution in [-0.2, 0) is 14.3 Å². The zero-order chi connectivity index (χ0) is 18.2. The highest BCUT2D eigenvalue weighted by atomic mass is 16.7. The van der Waals surface area contributed by atoms with E-state index in [0.717, 1.165) is 6.92 Å². The molecule has 0 aromatic carbocycles. The van der Waals surface area contributed by atoms with Gasteiger partial charge in [0.25, 0.3) is 5.79 Å². The van der Waals surface area contributed by atoms with E-state index in [2.05, 4.69) is 4.74 Å². The molecule has 23 heavy (non-hydrogen) atoms. The summed E-state index contributed by atoms with van der Waals surface area (Å²) in [5.41, 5.74) is 0. The summed E-state index contributed by atoms with van der Waals surface area (Å²) in [6.07, 6.45) is -8.50. The van der Waals surface area contributed by atoms with Gasteiger partial charge >= 0.3 is 11.8 Å². The molecule has 1 unspecified atom stereocenters. The van der Waals surface area contributed by atoms with Crippen LogP contribution in [-0.4, -0.2) is 101 Å². The molecule has 6 atom stereocenters. The molecule has 1 aliphatic heterocycles. The number of rotatable bonds is 5. The Bertz CT molecular complexity index is 469. The highest BCUT2D eigenvalue weighted by Crippen LogP contribution is 2.36. The average Bonchev–Trinajstić information content (AvgIpc) is 2.46. The smallest absolute Gasteiger partial charge is 0.370 e. The van der Waals surface area contributed by atoms with Crippen LogP contribution in [0.15, 0.2) is 0 Å². The predicted octanol–water partition coefficient (Wildman–Crippen LogP) is -5.58. The van der Waals surface area contributed by atoms with Gasteiger partial charge in [0, 0.05) is 6.92 Å². The third-order valence-corrected chi connectivity index (χ3v) is 3.49. The van der Waals surface area contributed by atoms with Crippen molar-refractivity contribution in [2.24, 2.45) is 0 Å². The maximum absolute atomic E-state index is 11.2. The molecule has 0 radical (unpaired) electrons. The van der Waals surface area contributed by atoms with Crippen molar-refractivity contribution in [3.63, 3.8) is 0 Å². The first-order chi connectivity index (χ1) is 10.4. The first kappa shape index (κ1) is 19.7. The highest BCUT2D eigenvalue weighted by Gasteiger charge is 2.69. The predicted molar refractivity (Wildman–Crippen MR) is 67.3 cm³/mol. The second-order valence-electron chi connectivity index (χ2n) is 5.17. The van der Waals surface area contributed by atoms with Gasteiger partial charge in [0.1, 0.15) is 24.4 Å². The van der Waals surface area contributed by atoms with Crippen molar-refractivity contribution in [3.05, 3.63) is 0 Å². The van der Waals surface area contributed by atoms with Gasteiger partial charge < -0.3 is 50.9 Å². The van der Waals surface area contributed by atoms with Gasteiger partial charge in [0.2, 0.25) is 5.91 Å². The first-order valence-electron chi connectivity index (χ1n) is 6.40. The number of carboxylic acids is 1. The number of carbonyl (C=O) groups is 2. The van der Waals surface area contributed by atoms with Crippen LogP contribution in [0.3, 0.4) is 0 Å². The van der Waals surface area contributed by atoms with Gasteiger partial charge in [-0.3, -0.25) is 4.79 Å². The molecule has 0 aromatic rings. The van der Waals surface area contributed by atoms with Crippen molar-refractivity contribution >= 4 is 11.9 Å².